The molecular formula is C44H60O2S2Zr-2. The van der Waals surface area contributed by atoms with Crippen molar-refractivity contribution in [3.05, 3.63) is 132 Å². The number of aromatic hydroxyl groups is 2. The molecule has 0 radical (unpaired) electrons. The summed E-state index contributed by atoms with van der Waals surface area (Å²) in [5.41, 5.74) is 6.82. The molecule has 1 heterocycles. The van der Waals surface area contributed by atoms with Crippen LogP contribution in [0, 0.1) is 13.8 Å². The molecule has 4 aromatic rings. The summed E-state index contributed by atoms with van der Waals surface area (Å²) < 4.78 is 0. The third-order valence-corrected chi connectivity index (χ3v) is 28.3. The maximum absolute atomic E-state index is 11.5. The average Bonchev–Trinajstić information content (AvgIpc) is 3.46. The molecule has 1 aliphatic rings. The Labute approximate surface area is 311 Å². The van der Waals surface area contributed by atoms with Gasteiger partial charge in [-0.05, 0) is 0 Å². The van der Waals surface area contributed by atoms with Crippen LogP contribution in [0.1, 0.15) is 116 Å². The van der Waals surface area contributed by atoms with Gasteiger partial charge in [-0.3, -0.25) is 0 Å². The van der Waals surface area contributed by atoms with Crippen molar-refractivity contribution >= 4 is 14.2 Å². The molecule has 5 rings (SSSR count). The Bertz CT molecular complexity index is 1660. The summed E-state index contributed by atoms with van der Waals surface area (Å²) in [6.07, 6.45) is 0. The molecule has 49 heavy (non-hydrogen) atoms. The number of phenolic OH excluding ortho intramolecular Hbond substituents is 2. The van der Waals surface area contributed by atoms with E-state index in [1.165, 1.54) is 20.9 Å². The first kappa shape index (κ1) is 41.2. The molecule has 2 nitrogen and oxygen atoms in total. The second-order valence-electron chi connectivity index (χ2n) is 17.0. The van der Waals surface area contributed by atoms with Crippen molar-refractivity contribution < 1.29 is 29.4 Å². The van der Waals surface area contributed by atoms with Gasteiger partial charge in [-0.2, -0.15) is 49.2 Å². The summed E-state index contributed by atoms with van der Waals surface area (Å²) in [5.74, 6) is 3.35. The number of hydrogen-bond donors (Lipinski definition) is 2. The minimum absolute atomic E-state index is 0.0409. The molecule has 5 heteroatoms. The summed E-state index contributed by atoms with van der Waals surface area (Å²) in [7, 11) is 0.269. The van der Waals surface area contributed by atoms with Crippen molar-refractivity contribution in [2.75, 3.05) is 11.5 Å². The summed E-state index contributed by atoms with van der Waals surface area (Å²) in [4.78, 5) is 2.40. The quantitative estimate of drug-likeness (QED) is 0.199. The van der Waals surface area contributed by atoms with E-state index in [2.05, 4.69) is 121 Å². The molecule has 0 fully saturated rings. The maximum atomic E-state index is 11.5. The van der Waals surface area contributed by atoms with Crippen LogP contribution in [0.25, 0.3) is 0 Å². The van der Waals surface area contributed by atoms with Gasteiger partial charge in [0.2, 0.25) is 0 Å². The summed E-state index contributed by atoms with van der Waals surface area (Å²) in [6, 6.07) is 28.8. The van der Waals surface area contributed by atoms with E-state index >= 15 is 0 Å². The minimum Gasteiger partial charge on any atom is -0.199 e. The van der Waals surface area contributed by atoms with Crippen LogP contribution >= 0.6 is 14.2 Å². The zero-order valence-corrected chi connectivity index (χ0v) is 36.2. The van der Waals surface area contributed by atoms with Crippen LogP contribution in [0.4, 0.5) is 0 Å². The predicted molar refractivity (Wildman–Crippen MR) is 214 cm³/mol. The van der Waals surface area contributed by atoms with Gasteiger partial charge >= 0.3 is 228 Å². The molecule has 0 aliphatic carbocycles. The van der Waals surface area contributed by atoms with E-state index < -0.39 is 19.2 Å². The van der Waals surface area contributed by atoms with E-state index in [9.17, 15) is 10.2 Å². The van der Waals surface area contributed by atoms with Crippen LogP contribution in [-0.2, 0) is 40.8 Å². The number of hydrogen-bond acceptors (Lipinski definition) is 2. The van der Waals surface area contributed by atoms with Gasteiger partial charge in [-0.25, -0.2) is 0 Å². The average molecular weight is 776 g/mol. The predicted octanol–water partition coefficient (Wildman–Crippen LogP) is 12.9. The molecule has 1 aliphatic heterocycles. The van der Waals surface area contributed by atoms with Gasteiger partial charge in [0.25, 0.3) is 0 Å². The van der Waals surface area contributed by atoms with Gasteiger partial charge in [-0.15, -0.1) is 24.3 Å². The van der Waals surface area contributed by atoms with Crippen molar-refractivity contribution in [2.24, 2.45) is 0 Å². The molecule has 2 unspecified atom stereocenters. The molecule has 0 aromatic heterocycles. The third kappa shape index (κ3) is 11.7. The molecule has 2 atom stereocenters. The Hall–Kier alpha value is -2.20. The first-order valence-corrected chi connectivity index (χ1v) is 26.0. The van der Waals surface area contributed by atoms with Crippen molar-refractivity contribution in [2.45, 2.75) is 115 Å². The normalized spacial score (nSPS) is 16.3. The van der Waals surface area contributed by atoms with Gasteiger partial charge in [0.1, 0.15) is 0 Å². The van der Waals surface area contributed by atoms with Crippen LogP contribution in [0.2, 0.25) is 0 Å². The van der Waals surface area contributed by atoms with Crippen LogP contribution < -0.4 is 0 Å². The summed E-state index contributed by atoms with van der Waals surface area (Å²) >= 11 is -0.926. The van der Waals surface area contributed by atoms with E-state index in [1.807, 2.05) is 60.7 Å². The van der Waals surface area contributed by atoms with E-state index in [0.29, 0.717) is 11.5 Å². The van der Waals surface area contributed by atoms with Gasteiger partial charge < -0.3 is 0 Å². The second-order valence-corrected chi connectivity index (χ2v) is 31.9. The second kappa shape index (κ2) is 16.4. The van der Waals surface area contributed by atoms with E-state index in [1.54, 1.807) is 0 Å². The number of rotatable bonds is 2. The zero-order valence-electron chi connectivity index (χ0n) is 32.1. The van der Waals surface area contributed by atoms with Gasteiger partial charge in [-0.1, -0.05) is 12.1 Å². The van der Waals surface area contributed by atoms with Crippen LogP contribution in [0.5, 0.6) is 11.5 Å². The molecule has 0 bridgehead atoms. The fraction of sp³-hybridized carbons (Fsp3) is 0.409. The standard InChI is InChI=1S/C30H46O2S2.2C7H7.Zr/c1-27(2,3)19-15-21(29(7,8)9)25(31)23(17-19)33-13-14-34-24-18-20(28(4,5)6)16-22(26(24)32)30(10,11)12;2*1-7-5-3-2-4-6-7;/h15-18,31-32H,13-14H2,1-12H3;2*2-6H,1H2;/q;2*-1;. The smallest absolute Gasteiger partial charge is 0.0866 e. The number of benzene rings is 4. The molecule has 0 saturated carbocycles. The Morgan fingerprint density at radius 3 is 1.02 bits per heavy atom. The molecule has 0 saturated heterocycles. The fourth-order valence-electron chi connectivity index (χ4n) is 5.24. The molecule has 266 valence electrons. The van der Waals surface area contributed by atoms with Gasteiger partial charge in [0.15, 0.2) is 0 Å². The fourth-order valence-corrected chi connectivity index (χ4v) is 29.6. The Morgan fingerprint density at radius 2 is 0.796 bits per heavy atom. The minimum atomic E-state index is -0.926. The first-order chi connectivity index (χ1) is 22.5. The summed E-state index contributed by atoms with van der Waals surface area (Å²) in [6.45, 7) is 34.2. The van der Waals surface area contributed by atoms with Crippen molar-refractivity contribution in [1.82, 2.24) is 0 Å². The SMILES string of the molecule is CC(C)(C)c1cc([S]2=[Zr]=[S](c3cc(C(C)(C)C)cc(C(C)(C)C)c3O)CC2)c(O)c(C(C)(C)C)c1.[CH2-]c1ccccc1.[CH2-]c1ccccc1. The van der Waals surface area contributed by atoms with Crippen LogP contribution in [0.3, 0.4) is 0 Å². The van der Waals surface area contributed by atoms with E-state index in [-0.39, 0.29) is 35.9 Å². The Balaban J connectivity index is 0.000000379. The van der Waals surface area contributed by atoms with Crippen molar-refractivity contribution in [1.29, 1.82) is 0 Å². The monoisotopic (exact) mass is 774 g/mol. The first-order valence-electron chi connectivity index (χ1n) is 17.2. The zero-order chi connectivity index (χ0) is 36.9. The topological polar surface area (TPSA) is 40.5 Å². The van der Waals surface area contributed by atoms with E-state index in [0.717, 1.165) is 33.8 Å². The van der Waals surface area contributed by atoms with Gasteiger partial charge in [0.05, 0.1) is 0 Å². The van der Waals surface area contributed by atoms with Gasteiger partial charge in [0, 0.05) is 0 Å². The van der Waals surface area contributed by atoms with Crippen molar-refractivity contribution in [3.8, 4) is 11.5 Å². The molecular weight excluding hydrogens is 716 g/mol. The molecule has 4 aromatic carbocycles. The third-order valence-electron chi connectivity index (χ3n) is 8.41. The van der Waals surface area contributed by atoms with Crippen LogP contribution in [-0.4, -0.2) is 21.7 Å². The Morgan fingerprint density at radius 1 is 0.490 bits per heavy atom. The van der Waals surface area contributed by atoms with Crippen molar-refractivity contribution in [3.63, 3.8) is 0 Å². The molecule has 0 amide bonds. The number of phenols is 2. The Kier molecular flexibility index (Phi) is 13.8. The summed E-state index contributed by atoms with van der Waals surface area (Å²) in [5, 5.41) is 23.0. The van der Waals surface area contributed by atoms with E-state index in [4.69, 9.17) is 0 Å². The maximum Gasteiger partial charge on any atom is -0.0866 e. The molecule has 0 spiro atoms. The largest absolute Gasteiger partial charge is 0.199 e. The molecule has 2 N–H and O–H groups in total. The van der Waals surface area contributed by atoms with Crippen LogP contribution in [0.15, 0.2) is 94.7 Å².